The Bertz CT molecular complexity index is 1440. The van der Waals surface area contributed by atoms with Crippen molar-refractivity contribution >= 4 is 34.0 Å². The zero-order valence-electron chi connectivity index (χ0n) is 14.7. The maximum absolute atomic E-state index is 13.1. The Labute approximate surface area is 172 Å². The van der Waals surface area contributed by atoms with Gasteiger partial charge in [0.05, 0.1) is 0 Å². The van der Waals surface area contributed by atoms with Gasteiger partial charge >= 0.3 is 0 Å². The quantitative estimate of drug-likeness (QED) is 0.431. The topological polar surface area (TPSA) is 60.4 Å². The molecular weight excluding hydrogens is 413 g/mol. The number of nitrogens with zero attached hydrogens (tertiary/aromatic N) is 3. The number of aromatic nitrogens is 3. The molecule has 5 aromatic rings. The Morgan fingerprint density at radius 1 is 1.00 bits per heavy atom. The van der Waals surface area contributed by atoms with Crippen LogP contribution >= 0.6 is 22.9 Å². The van der Waals surface area contributed by atoms with Gasteiger partial charge in [-0.15, -0.1) is 5.10 Å². The predicted molar refractivity (Wildman–Crippen MR) is 110 cm³/mol. The van der Waals surface area contributed by atoms with Crippen LogP contribution in [0.3, 0.4) is 0 Å². The molecule has 0 aliphatic heterocycles. The zero-order chi connectivity index (χ0) is 20.0. The van der Waals surface area contributed by atoms with Crippen LogP contribution in [0.25, 0.3) is 33.7 Å². The van der Waals surface area contributed by atoms with Crippen LogP contribution < -0.4 is 10.1 Å². The number of hydrogen-bond donors (Lipinski definition) is 0. The largest absolute Gasteiger partial charge is 0.457 e. The van der Waals surface area contributed by atoms with Crippen molar-refractivity contribution in [2.75, 3.05) is 0 Å². The van der Waals surface area contributed by atoms with E-state index < -0.39 is 0 Å². The third kappa shape index (κ3) is 3.35. The molecule has 8 heteroatoms. The lowest BCUT2D eigenvalue weighted by Crippen LogP contribution is -2.23. The summed E-state index contributed by atoms with van der Waals surface area (Å²) in [5.41, 5.74) is 1.27. The van der Waals surface area contributed by atoms with Gasteiger partial charge in [0, 0.05) is 22.2 Å². The molecular formula is C21H11ClFN3O2S. The summed E-state index contributed by atoms with van der Waals surface area (Å²) in [5, 5.41) is 4.93. The summed E-state index contributed by atoms with van der Waals surface area (Å²) in [6, 6.07) is 16.7. The Morgan fingerprint density at radius 3 is 2.45 bits per heavy atom. The minimum Gasteiger partial charge on any atom is -0.457 e. The number of furan rings is 1. The molecule has 2 aromatic carbocycles. The Kier molecular flexibility index (Phi) is 4.26. The number of thiazole rings is 1. The van der Waals surface area contributed by atoms with E-state index in [0.717, 1.165) is 11.1 Å². The van der Waals surface area contributed by atoms with Crippen molar-refractivity contribution in [3.8, 4) is 22.7 Å². The van der Waals surface area contributed by atoms with Gasteiger partial charge in [-0.05, 0) is 60.7 Å². The number of fused-ring (bicyclic) bond motifs is 1. The first-order valence-electron chi connectivity index (χ1n) is 8.60. The minimum atomic E-state index is -0.310. The molecule has 0 aliphatic rings. The first-order valence-corrected chi connectivity index (χ1v) is 9.79. The van der Waals surface area contributed by atoms with Gasteiger partial charge in [-0.3, -0.25) is 4.79 Å². The van der Waals surface area contributed by atoms with Gasteiger partial charge in [-0.1, -0.05) is 22.9 Å². The first-order chi connectivity index (χ1) is 14.1. The van der Waals surface area contributed by atoms with Crippen molar-refractivity contribution in [1.82, 2.24) is 14.6 Å². The summed E-state index contributed by atoms with van der Waals surface area (Å²) in [4.78, 5) is 17.6. The van der Waals surface area contributed by atoms with Crippen LogP contribution in [0.2, 0.25) is 5.02 Å². The summed E-state index contributed by atoms with van der Waals surface area (Å²) in [6.45, 7) is 0. The van der Waals surface area contributed by atoms with Crippen molar-refractivity contribution in [3.05, 3.63) is 92.1 Å². The van der Waals surface area contributed by atoms with E-state index in [4.69, 9.17) is 16.0 Å². The highest BCUT2D eigenvalue weighted by atomic mass is 35.5. The maximum atomic E-state index is 13.1. The van der Waals surface area contributed by atoms with E-state index in [9.17, 15) is 9.18 Å². The third-order valence-electron chi connectivity index (χ3n) is 4.31. The Hall–Kier alpha value is -3.29. The summed E-state index contributed by atoms with van der Waals surface area (Å²) in [6.07, 6.45) is 1.65. The van der Waals surface area contributed by atoms with E-state index in [0.29, 0.717) is 31.9 Å². The highest BCUT2D eigenvalue weighted by Crippen LogP contribution is 2.23. The molecule has 0 unspecified atom stereocenters. The van der Waals surface area contributed by atoms with Gasteiger partial charge in [0.25, 0.3) is 5.56 Å². The van der Waals surface area contributed by atoms with Gasteiger partial charge < -0.3 is 4.42 Å². The standard InChI is InChI=1S/C21H11ClFN3O2S/c22-14-5-1-13(2-6-14)19-24-21-26(25-19)20(27)18(29-21)11-16-9-10-17(28-16)12-3-7-15(23)8-4-12/h1-11H/b18-11-. The molecule has 29 heavy (non-hydrogen) atoms. The highest BCUT2D eigenvalue weighted by Gasteiger charge is 2.12. The Morgan fingerprint density at radius 2 is 1.72 bits per heavy atom. The van der Waals surface area contributed by atoms with Crippen LogP contribution in [0.1, 0.15) is 5.76 Å². The van der Waals surface area contributed by atoms with Crippen LogP contribution in [0.4, 0.5) is 4.39 Å². The van der Waals surface area contributed by atoms with E-state index in [1.54, 1.807) is 54.6 Å². The monoisotopic (exact) mass is 423 g/mol. The van der Waals surface area contributed by atoms with Gasteiger partial charge in [0.15, 0.2) is 5.82 Å². The molecule has 5 rings (SSSR count). The number of benzene rings is 2. The molecule has 0 N–H and O–H groups in total. The molecule has 0 saturated carbocycles. The molecule has 0 radical (unpaired) electrons. The summed E-state index contributed by atoms with van der Waals surface area (Å²) >= 11 is 7.13. The normalized spacial score (nSPS) is 12.1. The van der Waals surface area contributed by atoms with E-state index in [1.165, 1.54) is 28.0 Å². The van der Waals surface area contributed by atoms with E-state index in [-0.39, 0.29) is 11.4 Å². The van der Waals surface area contributed by atoms with Gasteiger partial charge in [-0.2, -0.15) is 9.50 Å². The van der Waals surface area contributed by atoms with Crippen LogP contribution in [0, 0.1) is 5.82 Å². The Balaban J connectivity index is 1.51. The number of halogens is 2. The number of hydrogen-bond acceptors (Lipinski definition) is 5. The second kappa shape index (κ2) is 6.95. The van der Waals surface area contributed by atoms with Crippen LogP contribution in [-0.2, 0) is 0 Å². The maximum Gasteiger partial charge on any atom is 0.291 e. The molecule has 0 amide bonds. The van der Waals surface area contributed by atoms with E-state index in [2.05, 4.69) is 10.1 Å². The second-order valence-corrected chi connectivity index (χ2v) is 7.71. The fourth-order valence-corrected chi connectivity index (χ4v) is 3.90. The van der Waals surface area contributed by atoms with Gasteiger partial charge in [0.2, 0.25) is 4.96 Å². The van der Waals surface area contributed by atoms with Gasteiger partial charge in [-0.25, -0.2) is 4.39 Å². The molecule has 3 aromatic heterocycles. The van der Waals surface area contributed by atoms with Crippen molar-refractivity contribution in [2.24, 2.45) is 0 Å². The summed E-state index contributed by atoms with van der Waals surface area (Å²) in [5.74, 6) is 1.26. The molecule has 0 spiro atoms. The fraction of sp³-hybridized carbons (Fsp3) is 0. The van der Waals surface area contributed by atoms with Crippen molar-refractivity contribution < 1.29 is 8.81 Å². The van der Waals surface area contributed by atoms with E-state index >= 15 is 0 Å². The zero-order valence-corrected chi connectivity index (χ0v) is 16.2. The lowest BCUT2D eigenvalue weighted by atomic mass is 10.2. The lowest BCUT2D eigenvalue weighted by Gasteiger charge is -1.95. The summed E-state index contributed by atoms with van der Waals surface area (Å²) in [7, 11) is 0. The van der Waals surface area contributed by atoms with E-state index in [1.807, 2.05) is 0 Å². The molecule has 0 aliphatic carbocycles. The van der Waals surface area contributed by atoms with Crippen LogP contribution in [0.15, 0.2) is 69.9 Å². The van der Waals surface area contributed by atoms with Crippen molar-refractivity contribution in [2.45, 2.75) is 0 Å². The fourth-order valence-electron chi connectivity index (χ4n) is 2.88. The van der Waals surface area contributed by atoms with Crippen LogP contribution in [0.5, 0.6) is 0 Å². The molecule has 142 valence electrons. The smallest absolute Gasteiger partial charge is 0.291 e. The highest BCUT2D eigenvalue weighted by molar-refractivity contribution is 7.15. The van der Waals surface area contributed by atoms with Crippen molar-refractivity contribution in [1.29, 1.82) is 0 Å². The molecule has 3 heterocycles. The number of rotatable bonds is 3. The molecule has 0 bridgehead atoms. The molecule has 5 nitrogen and oxygen atoms in total. The average Bonchev–Trinajstić information content (AvgIpc) is 3.41. The lowest BCUT2D eigenvalue weighted by molar-refractivity contribution is 0.571. The minimum absolute atomic E-state index is 0.266. The molecule has 0 fully saturated rings. The third-order valence-corrected chi connectivity index (χ3v) is 5.52. The second-order valence-electron chi connectivity index (χ2n) is 6.26. The van der Waals surface area contributed by atoms with Crippen LogP contribution in [-0.4, -0.2) is 14.6 Å². The first kappa shape index (κ1) is 17.8. The molecule has 0 saturated heterocycles. The summed E-state index contributed by atoms with van der Waals surface area (Å²) < 4.78 is 20.6. The SMILES string of the molecule is O=c1/c(=C/c2ccc(-c3ccc(F)cc3)o2)sc2nc(-c3ccc(Cl)cc3)nn12. The van der Waals surface area contributed by atoms with Crippen molar-refractivity contribution in [3.63, 3.8) is 0 Å². The van der Waals surface area contributed by atoms with Gasteiger partial charge in [0.1, 0.15) is 21.9 Å². The predicted octanol–water partition coefficient (Wildman–Crippen LogP) is 4.42. The average molecular weight is 424 g/mol. The molecule has 0 atom stereocenters.